The van der Waals surface area contributed by atoms with Crippen molar-refractivity contribution < 1.29 is 5.11 Å². The quantitative estimate of drug-likeness (QED) is 0.736. The Balaban J connectivity index is 1.91. The molecule has 0 bridgehead atoms. The fraction of sp³-hybridized carbons (Fsp3) is 0.500. The van der Waals surface area contributed by atoms with E-state index in [-0.39, 0.29) is 6.10 Å². The maximum atomic E-state index is 9.50. The first kappa shape index (κ1) is 9.69. The Kier molecular flexibility index (Phi) is 3.17. The Bertz CT molecular complexity index is 273. The van der Waals surface area contributed by atoms with Gasteiger partial charge in [-0.15, -0.1) is 0 Å². The van der Waals surface area contributed by atoms with Gasteiger partial charge in [-0.3, -0.25) is 0 Å². The summed E-state index contributed by atoms with van der Waals surface area (Å²) in [4.78, 5) is 0. The van der Waals surface area contributed by atoms with E-state index in [0.29, 0.717) is 5.92 Å². The van der Waals surface area contributed by atoms with E-state index in [2.05, 4.69) is 29.6 Å². The third kappa shape index (κ3) is 2.56. The molecule has 14 heavy (non-hydrogen) atoms. The number of aliphatic hydroxyl groups excluding tert-OH is 1. The molecule has 2 N–H and O–H groups in total. The lowest BCUT2D eigenvalue weighted by molar-refractivity contribution is 0.114. The number of piperidine rings is 1. The van der Waals surface area contributed by atoms with Gasteiger partial charge in [0.1, 0.15) is 0 Å². The molecule has 1 aromatic rings. The van der Waals surface area contributed by atoms with Gasteiger partial charge in [0.15, 0.2) is 0 Å². The highest BCUT2D eigenvalue weighted by molar-refractivity contribution is 5.15. The van der Waals surface area contributed by atoms with Crippen molar-refractivity contribution in [1.82, 2.24) is 5.32 Å². The summed E-state index contributed by atoms with van der Waals surface area (Å²) >= 11 is 0. The van der Waals surface area contributed by atoms with Crippen LogP contribution in [0.25, 0.3) is 0 Å². The molecule has 2 heteroatoms. The van der Waals surface area contributed by atoms with Crippen LogP contribution in [0, 0.1) is 5.92 Å². The van der Waals surface area contributed by atoms with Gasteiger partial charge in [0, 0.05) is 6.54 Å². The van der Waals surface area contributed by atoms with Gasteiger partial charge >= 0.3 is 0 Å². The lowest BCUT2D eigenvalue weighted by atomic mass is 9.91. The zero-order valence-corrected chi connectivity index (χ0v) is 8.32. The van der Waals surface area contributed by atoms with Gasteiger partial charge in [-0.05, 0) is 30.9 Å². The van der Waals surface area contributed by atoms with Crippen molar-refractivity contribution in [3.05, 3.63) is 35.9 Å². The zero-order valence-electron chi connectivity index (χ0n) is 8.32. The average Bonchev–Trinajstić information content (AvgIpc) is 2.19. The molecule has 1 fully saturated rings. The molecule has 2 atom stereocenters. The summed E-state index contributed by atoms with van der Waals surface area (Å²) in [6, 6.07) is 10.5. The summed E-state index contributed by atoms with van der Waals surface area (Å²) in [7, 11) is 0. The smallest absolute Gasteiger partial charge is 0.0667 e. The van der Waals surface area contributed by atoms with Crippen molar-refractivity contribution in [1.29, 1.82) is 0 Å². The van der Waals surface area contributed by atoms with Crippen LogP contribution in [-0.2, 0) is 6.42 Å². The Morgan fingerprint density at radius 2 is 2.00 bits per heavy atom. The summed E-state index contributed by atoms with van der Waals surface area (Å²) in [6.07, 6.45) is 1.85. The number of benzene rings is 1. The molecule has 76 valence electrons. The lowest BCUT2D eigenvalue weighted by Gasteiger charge is -2.26. The van der Waals surface area contributed by atoms with Crippen molar-refractivity contribution in [2.24, 2.45) is 5.92 Å². The summed E-state index contributed by atoms with van der Waals surface area (Å²) < 4.78 is 0. The second kappa shape index (κ2) is 4.58. The SMILES string of the molecule is O[C@@H]1CNCC(Cc2ccccc2)C1. The molecular weight excluding hydrogens is 174 g/mol. The topological polar surface area (TPSA) is 32.3 Å². The number of rotatable bonds is 2. The van der Waals surface area contributed by atoms with Crippen LogP contribution in [0.5, 0.6) is 0 Å². The highest BCUT2D eigenvalue weighted by atomic mass is 16.3. The Hall–Kier alpha value is -0.860. The van der Waals surface area contributed by atoms with Crippen LogP contribution in [0.15, 0.2) is 30.3 Å². The number of nitrogens with one attached hydrogen (secondary N) is 1. The highest BCUT2D eigenvalue weighted by Crippen LogP contribution is 2.16. The Morgan fingerprint density at radius 1 is 1.21 bits per heavy atom. The first-order valence-corrected chi connectivity index (χ1v) is 5.27. The second-order valence-corrected chi connectivity index (χ2v) is 4.10. The third-order valence-corrected chi connectivity index (χ3v) is 2.79. The minimum Gasteiger partial charge on any atom is -0.392 e. The summed E-state index contributed by atoms with van der Waals surface area (Å²) in [5, 5.41) is 12.7. The molecule has 1 heterocycles. The van der Waals surface area contributed by atoms with E-state index in [1.165, 1.54) is 5.56 Å². The van der Waals surface area contributed by atoms with Crippen LogP contribution in [0.2, 0.25) is 0 Å². The normalized spacial score (nSPS) is 27.5. The highest BCUT2D eigenvalue weighted by Gasteiger charge is 2.19. The molecular formula is C12H17NO. The van der Waals surface area contributed by atoms with Crippen LogP contribution in [0.3, 0.4) is 0 Å². The summed E-state index contributed by atoms with van der Waals surface area (Å²) in [5.41, 5.74) is 1.37. The van der Waals surface area contributed by atoms with Gasteiger partial charge in [-0.25, -0.2) is 0 Å². The first-order valence-electron chi connectivity index (χ1n) is 5.27. The Labute approximate surface area is 85.0 Å². The zero-order chi connectivity index (χ0) is 9.80. The molecule has 0 aromatic heterocycles. The van der Waals surface area contributed by atoms with Crippen molar-refractivity contribution in [2.75, 3.05) is 13.1 Å². The van der Waals surface area contributed by atoms with Crippen molar-refractivity contribution in [2.45, 2.75) is 18.9 Å². The molecule has 1 saturated heterocycles. The standard InChI is InChI=1S/C12H17NO/c14-12-7-11(8-13-9-12)6-10-4-2-1-3-5-10/h1-5,11-14H,6-9H2/t11?,12-/m0/s1. The monoisotopic (exact) mass is 191 g/mol. The van der Waals surface area contributed by atoms with E-state index < -0.39 is 0 Å². The molecule has 2 nitrogen and oxygen atoms in total. The predicted octanol–water partition coefficient (Wildman–Crippen LogP) is 1.20. The van der Waals surface area contributed by atoms with E-state index in [1.54, 1.807) is 0 Å². The van der Waals surface area contributed by atoms with Crippen molar-refractivity contribution >= 4 is 0 Å². The van der Waals surface area contributed by atoms with E-state index in [4.69, 9.17) is 0 Å². The third-order valence-electron chi connectivity index (χ3n) is 2.79. The molecule has 0 amide bonds. The minimum absolute atomic E-state index is 0.155. The van der Waals surface area contributed by atoms with E-state index in [9.17, 15) is 5.11 Å². The van der Waals surface area contributed by atoms with Crippen LogP contribution >= 0.6 is 0 Å². The number of hydrogen-bond acceptors (Lipinski definition) is 2. The van der Waals surface area contributed by atoms with Crippen molar-refractivity contribution in [3.8, 4) is 0 Å². The molecule has 1 unspecified atom stereocenters. The van der Waals surface area contributed by atoms with Gasteiger partial charge < -0.3 is 10.4 Å². The summed E-state index contributed by atoms with van der Waals surface area (Å²) in [5.74, 6) is 0.584. The Morgan fingerprint density at radius 3 is 2.71 bits per heavy atom. The number of hydrogen-bond donors (Lipinski definition) is 2. The van der Waals surface area contributed by atoms with Crippen LogP contribution in [0.1, 0.15) is 12.0 Å². The fourth-order valence-electron chi connectivity index (χ4n) is 2.11. The molecule has 1 aliphatic rings. The minimum atomic E-state index is -0.155. The summed E-state index contributed by atoms with van der Waals surface area (Å²) in [6.45, 7) is 1.79. The van der Waals surface area contributed by atoms with Crippen LogP contribution < -0.4 is 5.32 Å². The number of aliphatic hydroxyl groups is 1. The molecule has 2 rings (SSSR count). The largest absolute Gasteiger partial charge is 0.392 e. The second-order valence-electron chi connectivity index (χ2n) is 4.10. The van der Waals surface area contributed by atoms with Crippen LogP contribution in [0.4, 0.5) is 0 Å². The van der Waals surface area contributed by atoms with E-state index in [0.717, 1.165) is 25.9 Å². The number of β-amino-alcohol motifs (C(OH)–C–C–N with tert-alkyl or cyclic N) is 1. The first-order chi connectivity index (χ1) is 6.84. The van der Waals surface area contributed by atoms with Gasteiger partial charge in [0.25, 0.3) is 0 Å². The molecule has 0 spiro atoms. The lowest BCUT2D eigenvalue weighted by Crippen LogP contribution is -2.40. The van der Waals surface area contributed by atoms with Gasteiger partial charge in [0.2, 0.25) is 0 Å². The molecule has 0 radical (unpaired) electrons. The van der Waals surface area contributed by atoms with Gasteiger partial charge in [-0.1, -0.05) is 30.3 Å². The van der Waals surface area contributed by atoms with E-state index >= 15 is 0 Å². The fourth-order valence-corrected chi connectivity index (χ4v) is 2.11. The van der Waals surface area contributed by atoms with E-state index in [1.807, 2.05) is 6.07 Å². The van der Waals surface area contributed by atoms with Gasteiger partial charge in [0.05, 0.1) is 6.10 Å². The molecule has 0 aliphatic carbocycles. The van der Waals surface area contributed by atoms with Crippen molar-refractivity contribution in [3.63, 3.8) is 0 Å². The average molecular weight is 191 g/mol. The van der Waals surface area contributed by atoms with Crippen LogP contribution in [-0.4, -0.2) is 24.3 Å². The maximum absolute atomic E-state index is 9.50. The molecule has 1 aliphatic heterocycles. The maximum Gasteiger partial charge on any atom is 0.0667 e. The molecule has 1 aromatic carbocycles. The van der Waals surface area contributed by atoms with Gasteiger partial charge in [-0.2, -0.15) is 0 Å². The predicted molar refractivity (Wildman–Crippen MR) is 57.1 cm³/mol. The molecule has 0 saturated carbocycles.